The number of carbonyl (C=O) groups excluding carboxylic acids is 1. The predicted molar refractivity (Wildman–Crippen MR) is 129 cm³/mol. The Balaban J connectivity index is 1.65. The van der Waals surface area contributed by atoms with E-state index in [0.717, 1.165) is 53.6 Å². The first kappa shape index (κ1) is 21.1. The molecule has 5 heteroatoms. The summed E-state index contributed by atoms with van der Waals surface area (Å²) in [6.07, 6.45) is 6.03. The Kier molecular flexibility index (Phi) is 6.33. The number of aldehydes is 1. The van der Waals surface area contributed by atoms with Crippen LogP contribution in [0.15, 0.2) is 54.7 Å². The molecule has 0 bridgehead atoms. The quantitative estimate of drug-likeness (QED) is 0.555. The highest BCUT2D eigenvalue weighted by Crippen LogP contribution is 2.32. The Morgan fingerprint density at radius 2 is 1.90 bits per heavy atom. The van der Waals surface area contributed by atoms with Crippen molar-refractivity contribution in [1.29, 1.82) is 0 Å². The third kappa shape index (κ3) is 4.47. The zero-order valence-corrected chi connectivity index (χ0v) is 18.3. The van der Waals surface area contributed by atoms with Crippen molar-refractivity contribution in [2.24, 2.45) is 0 Å². The molecule has 2 aromatic carbocycles. The van der Waals surface area contributed by atoms with Gasteiger partial charge >= 0.3 is 0 Å². The molecular formula is C26H30N4O. The van der Waals surface area contributed by atoms with Crippen molar-refractivity contribution >= 4 is 17.8 Å². The maximum atomic E-state index is 11.4. The van der Waals surface area contributed by atoms with E-state index in [1.54, 1.807) is 0 Å². The monoisotopic (exact) mass is 414 g/mol. The third-order valence-corrected chi connectivity index (χ3v) is 6.23. The van der Waals surface area contributed by atoms with Crippen LogP contribution in [0.1, 0.15) is 35.7 Å². The van der Waals surface area contributed by atoms with E-state index >= 15 is 0 Å². The molecule has 2 heterocycles. The summed E-state index contributed by atoms with van der Waals surface area (Å²) in [5, 5.41) is 3.14. The van der Waals surface area contributed by atoms with E-state index in [4.69, 9.17) is 5.73 Å². The van der Waals surface area contributed by atoms with E-state index in [-0.39, 0.29) is 0 Å². The molecule has 160 valence electrons. The van der Waals surface area contributed by atoms with Crippen LogP contribution in [0.25, 0.3) is 22.3 Å². The molecule has 3 N–H and O–H groups in total. The van der Waals surface area contributed by atoms with Crippen molar-refractivity contribution < 1.29 is 4.79 Å². The molecule has 0 aliphatic carbocycles. The summed E-state index contributed by atoms with van der Waals surface area (Å²) in [6, 6.07) is 17.3. The maximum absolute atomic E-state index is 11.4. The number of pyridine rings is 1. The average molecular weight is 415 g/mol. The number of hydrogen-bond donors (Lipinski definition) is 2. The fraction of sp³-hybridized carbons (Fsp3) is 0.308. The lowest BCUT2D eigenvalue weighted by atomic mass is 9.96. The van der Waals surface area contributed by atoms with Crippen molar-refractivity contribution in [3.05, 3.63) is 65.9 Å². The second-order valence-electron chi connectivity index (χ2n) is 8.27. The SMILES string of the molecule is CNCCc1cc(-c2cc(-c3ccc(N4CCCC4C)cc3)cnc2N)ccc1C=O. The highest BCUT2D eigenvalue weighted by molar-refractivity contribution is 5.83. The molecular weight excluding hydrogens is 384 g/mol. The van der Waals surface area contributed by atoms with E-state index in [9.17, 15) is 4.79 Å². The second-order valence-corrected chi connectivity index (χ2v) is 8.27. The molecule has 0 spiro atoms. The summed E-state index contributed by atoms with van der Waals surface area (Å²) in [6.45, 7) is 4.22. The van der Waals surface area contributed by atoms with Gasteiger partial charge in [-0.2, -0.15) is 0 Å². The summed E-state index contributed by atoms with van der Waals surface area (Å²) in [7, 11) is 1.91. The Bertz CT molecular complexity index is 1060. The van der Waals surface area contributed by atoms with Gasteiger partial charge in [0.2, 0.25) is 0 Å². The number of hydrogen-bond acceptors (Lipinski definition) is 5. The lowest BCUT2D eigenvalue weighted by Crippen LogP contribution is -2.25. The Morgan fingerprint density at radius 3 is 2.58 bits per heavy atom. The van der Waals surface area contributed by atoms with Crippen LogP contribution in [0.3, 0.4) is 0 Å². The van der Waals surface area contributed by atoms with Gasteiger partial charge in [-0.3, -0.25) is 4.79 Å². The van der Waals surface area contributed by atoms with Gasteiger partial charge in [-0.05, 0) is 74.7 Å². The summed E-state index contributed by atoms with van der Waals surface area (Å²) >= 11 is 0. The molecule has 1 atom stereocenters. The Morgan fingerprint density at radius 1 is 1.13 bits per heavy atom. The summed E-state index contributed by atoms with van der Waals surface area (Å²) in [5.74, 6) is 0.490. The summed E-state index contributed by atoms with van der Waals surface area (Å²) in [5.41, 5.74) is 13.3. The maximum Gasteiger partial charge on any atom is 0.150 e. The average Bonchev–Trinajstić information content (AvgIpc) is 3.23. The lowest BCUT2D eigenvalue weighted by Gasteiger charge is -2.24. The van der Waals surface area contributed by atoms with Crippen LogP contribution in [0.5, 0.6) is 0 Å². The third-order valence-electron chi connectivity index (χ3n) is 6.23. The zero-order valence-electron chi connectivity index (χ0n) is 18.3. The molecule has 1 aliphatic heterocycles. The number of nitrogens with zero attached hydrogens (tertiary/aromatic N) is 2. The van der Waals surface area contributed by atoms with Gasteiger partial charge in [-0.1, -0.05) is 30.3 Å². The van der Waals surface area contributed by atoms with Crippen LogP contribution in [0.4, 0.5) is 11.5 Å². The molecule has 3 aromatic rings. The van der Waals surface area contributed by atoms with Crippen molar-refractivity contribution in [2.45, 2.75) is 32.2 Å². The smallest absolute Gasteiger partial charge is 0.150 e. The van der Waals surface area contributed by atoms with Crippen LogP contribution in [0, 0.1) is 0 Å². The minimum atomic E-state index is 0.490. The van der Waals surface area contributed by atoms with Crippen LogP contribution in [-0.2, 0) is 6.42 Å². The van der Waals surface area contributed by atoms with Gasteiger partial charge in [0.25, 0.3) is 0 Å². The van der Waals surface area contributed by atoms with Crippen molar-refractivity contribution in [3.63, 3.8) is 0 Å². The Hall–Kier alpha value is -3.18. The van der Waals surface area contributed by atoms with Crippen molar-refractivity contribution in [1.82, 2.24) is 10.3 Å². The molecule has 1 aromatic heterocycles. The molecule has 0 amide bonds. The molecule has 31 heavy (non-hydrogen) atoms. The number of aromatic nitrogens is 1. The second kappa shape index (κ2) is 9.31. The minimum Gasteiger partial charge on any atom is -0.383 e. The lowest BCUT2D eigenvalue weighted by molar-refractivity contribution is 0.112. The van der Waals surface area contributed by atoms with Gasteiger partial charge in [-0.25, -0.2) is 4.98 Å². The van der Waals surface area contributed by atoms with Crippen molar-refractivity contribution in [3.8, 4) is 22.3 Å². The number of anilines is 2. The number of nitrogen functional groups attached to an aromatic ring is 1. The van der Waals surface area contributed by atoms with Crippen LogP contribution in [-0.4, -0.2) is 37.4 Å². The van der Waals surface area contributed by atoms with Crippen LogP contribution < -0.4 is 16.0 Å². The number of nitrogens with one attached hydrogen (secondary N) is 1. The van der Waals surface area contributed by atoms with Crippen LogP contribution >= 0.6 is 0 Å². The molecule has 5 nitrogen and oxygen atoms in total. The molecule has 1 unspecified atom stereocenters. The predicted octanol–water partition coefficient (Wildman–Crippen LogP) is 4.56. The first-order valence-electron chi connectivity index (χ1n) is 11.0. The van der Waals surface area contributed by atoms with E-state index in [0.29, 0.717) is 17.4 Å². The van der Waals surface area contributed by atoms with E-state index < -0.39 is 0 Å². The molecule has 4 rings (SSSR count). The Labute approximate surface area is 184 Å². The summed E-state index contributed by atoms with van der Waals surface area (Å²) < 4.78 is 0. The normalized spacial score (nSPS) is 15.9. The molecule has 1 saturated heterocycles. The largest absolute Gasteiger partial charge is 0.383 e. The zero-order chi connectivity index (χ0) is 21.8. The number of rotatable bonds is 7. The minimum absolute atomic E-state index is 0.490. The van der Waals surface area contributed by atoms with E-state index in [2.05, 4.69) is 58.5 Å². The highest BCUT2D eigenvalue weighted by atomic mass is 16.1. The molecule has 1 aliphatic rings. The van der Waals surface area contributed by atoms with Gasteiger partial charge < -0.3 is 16.0 Å². The number of nitrogens with two attached hydrogens (primary N) is 1. The van der Waals surface area contributed by atoms with E-state index in [1.807, 2.05) is 25.4 Å². The van der Waals surface area contributed by atoms with E-state index in [1.165, 1.54) is 18.5 Å². The van der Waals surface area contributed by atoms with Gasteiger partial charge in [0, 0.05) is 41.2 Å². The first-order valence-corrected chi connectivity index (χ1v) is 11.0. The number of likely N-dealkylation sites (N-methyl/N-ethyl adjacent to an activating group) is 1. The number of benzene rings is 2. The fourth-order valence-corrected chi connectivity index (χ4v) is 4.39. The molecule has 1 fully saturated rings. The van der Waals surface area contributed by atoms with Gasteiger partial charge in [0.1, 0.15) is 12.1 Å². The van der Waals surface area contributed by atoms with Gasteiger partial charge in [-0.15, -0.1) is 0 Å². The molecule has 0 saturated carbocycles. The molecule has 0 radical (unpaired) electrons. The standard InChI is InChI=1S/C26H30N4O/c1-18-4-3-13-30(18)24-9-7-19(8-10-24)23-15-25(26(27)29-16-23)21-5-6-22(17-31)20(14-21)11-12-28-2/h5-10,14-18,28H,3-4,11-13H2,1-2H3,(H2,27,29). The fourth-order valence-electron chi connectivity index (χ4n) is 4.39. The summed E-state index contributed by atoms with van der Waals surface area (Å²) in [4.78, 5) is 18.4. The number of carbonyl (C=O) groups is 1. The first-order chi connectivity index (χ1) is 15.1. The van der Waals surface area contributed by atoms with Crippen LogP contribution in [0.2, 0.25) is 0 Å². The van der Waals surface area contributed by atoms with Gasteiger partial charge in [0.05, 0.1) is 0 Å². The van der Waals surface area contributed by atoms with Crippen molar-refractivity contribution in [2.75, 3.05) is 30.8 Å². The highest BCUT2D eigenvalue weighted by Gasteiger charge is 2.20. The van der Waals surface area contributed by atoms with Gasteiger partial charge in [0.15, 0.2) is 0 Å². The topological polar surface area (TPSA) is 71.2 Å².